The fourth-order valence-electron chi connectivity index (χ4n) is 5.26. The first-order valence-corrected chi connectivity index (χ1v) is 14.1. The van der Waals surface area contributed by atoms with Crippen molar-refractivity contribution >= 4 is 53.5 Å². The number of hydrogen-bond donors (Lipinski definition) is 1. The zero-order chi connectivity index (χ0) is 27.1. The molecule has 1 heterocycles. The Balaban J connectivity index is 1.44. The fraction of sp³-hybridized carbons (Fsp3) is 0.400. The molecule has 1 aliphatic rings. The van der Waals surface area contributed by atoms with Gasteiger partial charge >= 0.3 is 0 Å². The number of piperazine rings is 1. The highest BCUT2D eigenvalue weighted by Gasteiger charge is 2.34. The Morgan fingerprint density at radius 3 is 2.58 bits per heavy atom. The van der Waals surface area contributed by atoms with E-state index < -0.39 is 11.8 Å². The van der Waals surface area contributed by atoms with Gasteiger partial charge in [-0.05, 0) is 46.9 Å². The minimum absolute atomic E-state index is 0.0747. The molecule has 0 aromatic heterocycles. The number of unbranched alkanes of at least 4 members (excludes halogenated alkanes) is 1. The first-order chi connectivity index (χ1) is 18.3. The molecule has 0 saturated carbocycles. The van der Waals surface area contributed by atoms with Crippen LogP contribution in [-0.2, 0) is 17.6 Å². The van der Waals surface area contributed by atoms with E-state index in [1.165, 1.54) is 16.3 Å². The van der Waals surface area contributed by atoms with E-state index in [9.17, 15) is 9.59 Å². The number of rotatable bonds is 10. The van der Waals surface area contributed by atoms with Gasteiger partial charge in [0.15, 0.2) is 5.81 Å². The molecule has 4 rings (SSSR count). The Morgan fingerprint density at radius 1 is 1.05 bits per heavy atom. The van der Waals surface area contributed by atoms with E-state index in [1.807, 2.05) is 4.90 Å². The van der Waals surface area contributed by atoms with Crippen LogP contribution in [-0.4, -0.2) is 67.6 Å². The fourth-order valence-corrected chi connectivity index (χ4v) is 5.75. The Bertz CT molecular complexity index is 1270. The number of benzene rings is 3. The van der Waals surface area contributed by atoms with Gasteiger partial charge in [-0.2, -0.15) is 0 Å². The van der Waals surface area contributed by atoms with E-state index in [0.717, 1.165) is 50.9 Å². The molecule has 0 aliphatic carbocycles. The smallest absolute Gasteiger partial charge is 0.245 e. The van der Waals surface area contributed by atoms with Crippen molar-refractivity contribution in [3.8, 4) is 0 Å². The minimum atomic E-state index is -0.792. The standard InChI is InChI=1S/C30H34BCl2N3O2/c1-2-3-8-26-20-35(14-13-21-9-10-22-6-4-5-7-23(22)17-21)15-16-36(26)29(37)28(34-30(31)38)18-24-11-12-25(32)19-27(24)33/h4-7,9-12,17,19,26,28H,2-3,8,13-16,18,20H2,1H3,(H,34,38)/t26-,28+/m0/s1. The van der Waals surface area contributed by atoms with Gasteiger partial charge in [-0.1, -0.05) is 91.5 Å². The second kappa shape index (κ2) is 13.5. The van der Waals surface area contributed by atoms with Crippen molar-refractivity contribution in [2.45, 2.75) is 51.1 Å². The molecular formula is C30H34BCl2N3O2. The quantitative estimate of drug-likeness (QED) is 0.321. The van der Waals surface area contributed by atoms with Crippen molar-refractivity contribution in [3.63, 3.8) is 0 Å². The van der Waals surface area contributed by atoms with Crippen LogP contribution in [0.1, 0.15) is 37.3 Å². The highest BCUT2D eigenvalue weighted by molar-refractivity contribution is 6.57. The summed E-state index contributed by atoms with van der Waals surface area (Å²) in [4.78, 5) is 30.0. The number of hydrogen-bond acceptors (Lipinski definition) is 3. The van der Waals surface area contributed by atoms with Crippen LogP contribution in [0.3, 0.4) is 0 Å². The van der Waals surface area contributed by atoms with Gasteiger partial charge in [0.2, 0.25) is 13.8 Å². The predicted molar refractivity (Wildman–Crippen MR) is 157 cm³/mol. The van der Waals surface area contributed by atoms with Crippen LogP contribution in [0.5, 0.6) is 0 Å². The number of nitrogens with zero attached hydrogens (tertiary/aromatic N) is 2. The van der Waals surface area contributed by atoms with Crippen LogP contribution in [0.4, 0.5) is 4.79 Å². The maximum atomic E-state index is 13.8. The molecule has 2 atom stereocenters. The van der Waals surface area contributed by atoms with E-state index in [2.05, 4.69) is 59.6 Å². The summed E-state index contributed by atoms with van der Waals surface area (Å²) in [5.41, 5.74) is 2.06. The zero-order valence-electron chi connectivity index (χ0n) is 21.8. The Kier molecular flexibility index (Phi) is 10.1. The van der Waals surface area contributed by atoms with Crippen LogP contribution in [0.2, 0.25) is 10.0 Å². The largest absolute Gasteiger partial charge is 0.354 e. The topological polar surface area (TPSA) is 52.7 Å². The summed E-state index contributed by atoms with van der Waals surface area (Å²) in [7, 11) is 5.46. The molecule has 2 radical (unpaired) electrons. The van der Waals surface area contributed by atoms with E-state index in [0.29, 0.717) is 16.6 Å². The van der Waals surface area contributed by atoms with Crippen LogP contribution in [0, 0.1) is 0 Å². The Morgan fingerprint density at radius 2 is 1.84 bits per heavy atom. The van der Waals surface area contributed by atoms with E-state index in [4.69, 9.17) is 31.0 Å². The van der Waals surface area contributed by atoms with Crippen molar-refractivity contribution in [2.75, 3.05) is 26.2 Å². The van der Waals surface area contributed by atoms with Crippen LogP contribution < -0.4 is 5.32 Å². The molecule has 0 bridgehead atoms. The zero-order valence-corrected chi connectivity index (χ0v) is 23.3. The molecule has 0 spiro atoms. The normalized spacial score (nSPS) is 16.9. The van der Waals surface area contributed by atoms with Crippen LogP contribution in [0.15, 0.2) is 60.7 Å². The summed E-state index contributed by atoms with van der Waals surface area (Å²) in [5.74, 6) is -0.849. The van der Waals surface area contributed by atoms with Crippen molar-refractivity contribution in [3.05, 3.63) is 81.8 Å². The van der Waals surface area contributed by atoms with Crippen molar-refractivity contribution < 1.29 is 9.59 Å². The summed E-state index contributed by atoms with van der Waals surface area (Å²) in [5, 5.41) is 6.15. The maximum absolute atomic E-state index is 13.8. The number of carbonyl (C=O) groups excluding carboxylic acids is 2. The van der Waals surface area contributed by atoms with E-state index in [-0.39, 0.29) is 18.4 Å². The Labute approximate surface area is 236 Å². The third-order valence-corrected chi connectivity index (χ3v) is 7.91. The number of carbonyl (C=O) groups is 2. The van der Waals surface area contributed by atoms with Crippen molar-refractivity contribution in [1.82, 2.24) is 15.1 Å². The maximum Gasteiger partial charge on any atom is 0.245 e. The van der Waals surface area contributed by atoms with E-state index in [1.54, 1.807) is 18.2 Å². The number of amides is 2. The van der Waals surface area contributed by atoms with Crippen LogP contribution >= 0.6 is 23.2 Å². The molecule has 3 aromatic rings. The molecule has 0 unspecified atom stereocenters. The van der Waals surface area contributed by atoms with Gasteiger partial charge in [-0.15, -0.1) is 0 Å². The number of halogens is 2. The van der Waals surface area contributed by atoms with Gasteiger partial charge in [0.05, 0.1) is 0 Å². The second-order valence-corrected chi connectivity index (χ2v) is 10.9. The molecule has 38 heavy (non-hydrogen) atoms. The second-order valence-electron chi connectivity index (χ2n) is 10.1. The SMILES string of the molecule is [B]C(=O)N[C@H](Cc1ccc(Cl)cc1Cl)C(=O)N1CCN(CCc2ccc3ccccc3c2)C[C@@H]1CCCC. The van der Waals surface area contributed by atoms with Gasteiger partial charge < -0.3 is 10.2 Å². The summed E-state index contributed by atoms with van der Waals surface area (Å²) in [6, 6.07) is 19.5. The highest BCUT2D eigenvalue weighted by Crippen LogP contribution is 2.24. The lowest BCUT2D eigenvalue weighted by atomic mass is 9.98. The van der Waals surface area contributed by atoms with E-state index >= 15 is 0 Å². The monoisotopic (exact) mass is 549 g/mol. The molecular weight excluding hydrogens is 516 g/mol. The molecule has 198 valence electrons. The van der Waals surface area contributed by atoms with Gasteiger partial charge in [0.1, 0.15) is 6.04 Å². The minimum Gasteiger partial charge on any atom is -0.354 e. The Hall–Kier alpha value is -2.54. The lowest BCUT2D eigenvalue weighted by Gasteiger charge is -2.43. The molecule has 1 N–H and O–H groups in total. The van der Waals surface area contributed by atoms with Gasteiger partial charge in [0, 0.05) is 48.7 Å². The molecule has 8 heteroatoms. The van der Waals surface area contributed by atoms with Crippen LogP contribution in [0.25, 0.3) is 10.8 Å². The van der Waals surface area contributed by atoms with Gasteiger partial charge in [0.25, 0.3) is 0 Å². The third kappa shape index (κ3) is 7.52. The summed E-state index contributed by atoms with van der Waals surface area (Å²) in [6.07, 6.45) is 4.21. The summed E-state index contributed by atoms with van der Waals surface area (Å²) in [6.45, 7) is 5.30. The molecule has 5 nitrogen and oxygen atoms in total. The molecule has 2 amide bonds. The summed E-state index contributed by atoms with van der Waals surface area (Å²) < 4.78 is 0. The molecule has 1 aliphatic heterocycles. The van der Waals surface area contributed by atoms with Crippen molar-refractivity contribution in [2.24, 2.45) is 0 Å². The predicted octanol–water partition coefficient (Wildman–Crippen LogP) is 5.88. The number of fused-ring (bicyclic) bond motifs is 1. The van der Waals surface area contributed by atoms with Gasteiger partial charge in [-0.25, -0.2) is 0 Å². The molecule has 1 fully saturated rings. The molecule has 1 saturated heterocycles. The van der Waals surface area contributed by atoms with Crippen molar-refractivity contribution in [1.29, 1.82) is 0 Å². The molecule has 3 aromatic carbocycles. The lowest BCUT2D eigenvalue weighted by molar-refractivity contribution is -0.138. The third-order valence-electron chi connectivity index (χ3n) is 7.33. The summed E-state index contributed by atoms with van der Waals surface area (Å²) >= 11 is 12.4. The number of nitrogens with one attached hydrogen (secondary N) is 1. The van der Waals surface area contributed by atoms with Gasteiger partial charge in [-0.3, -0.25) is 14.5 Å². The lowest BCUT2D eigenvalue weighted by Crippen LogP contribution is -2.60. The first-order valence-electron chi connectivity index (χ1n) is 13.3. The first kappa shape index (κ1) is 28.5. The average Bonchev–Trinajstić information content (AvgIpc) is 2.91. The average molecular weight is 550 g/mol. The highest BCUT2D eigenvalue weighted by atomic mass is 35.5.